The molecule has 1 N–H and O–H groups in total. The fourth-order valence-corrected chi connectivity index (χ4v) is 13.6. The van der Waals surface area contributed by atoms with Gasteiger partial charge in [-0.3, -0.25) is 9.59 Å². The summed E-state index contributed by atoms with van der Waals surface area (Å²) < 4.78 is 18.9. The summed E-state index contributed by atoms with van der Waals surface area (Å²) in [5.74, 6) is 2.32. The Morgan fingerprint density at radius 2 is 1.56 bits per heavy atom. The zero-order valence-electron chi connectivity index (χ0n) is 28.9. The second-order valence-corrected chi connectivity index (χ2v) is 18.1. The normalized spacial score (nSPS) is 50.3. The predicted octanol–water partition coefficient (Wildman–Crippen LogP) is 7.35. The first-order valence-electron chi connectivity index (χ1n) is 17.5. The molecule has 244 valence electrons. The molecule has 0 bridgehead atoms. The number of aliphatic hydroxyl groups is 1. The fraction of sp³-hybridized carbons (Fsp3) is 0.946. The maximum atomic E-state index is 12.7. The van der Waals surface area contributed by atoms with Gasteiger partial charge in [0.25, 0.3) is 0 Å². The molecule has 0 amide bonds. The van der Waals surface area contributed by atoms with E-state index < -0.39 is 11.7 Å². The van der Waals surface area contributed by atoms with Crippen molar-refractivity contribution in [1.29, 1.82) is 0 Å². The molecule has 5 saturated carbocycles. The molecule has 1 heterocycles. The van der Waals surface area contributed by atoms with Crippen molar-refractivity contribution in [1.82, 2.24) is 0 Å². The number of carbonyl (C=O) groups excluding carboxylic acids is 2. The quantitative estimate of drug-likeness (QED) is 0.333. The molecular weight excluding hydrogens is 540 g/mol. The summed E-state index contributed by atoms with van der Waals surface area (Å²) in [5.41, 5.74) is -0.130. The summed E-state index contributed by atoms with van der Waals surface area (Å²) in [6, 6.07) is 0. The molecule has 6 nitrogen and oxygen atoms in total. The minimum Gasteiger partial charge on any atom is -0.462 e. The number of esters is 2. The molecule has 5 unspecified atom stereocenters. The molecule has 0 aromatic heterocycles. The van der Waals surface area contributed by atoms with Crippen LogP contribution >= 0.6 is 0 Å². The van der Waals surface area contributed by atoms with Gasteiger partial charge >= 0.3 is 11.9 Å². The highest BCUT2D eigenvalue weighted by molar-refractivity contribution is 5.71. The average Bonchev–Trinajstić information content (AvgIpc) is 3.30. The Hall–Kier alpha value is -1.14. The van der Waals surface area contributed by atoms with Gasteiger partial charge in [-0.05, 0) is 116 Å². The Balaban J connectivity index is 1.29. The van der Waals surface area contributed by atoms with Crippen molar-refractivity contribution in [3.8, 4) is 0 Å². The van der Waals surface area contributed by atoms with Crippen LogP contribution < -0.4 is 0 Å². The Morgan fingerprint density at radius 3 is 2.16 bits per heavy atom. The maximum absolute atomic E-state index is 12.7. The zero-order chi connectivity index (χ0) is 31.7. The van der Waals surface area contributed by atoms with E-state index in [2.05, 4.69) is 41.5 Å². The topological polar surface area (TPSA) is 82.1 Å². The first-order chi connectivity index (χ1) is 19.8. The molecule has 0 aromatic carbocycles. The molecule has 6 fully saturated rings. The van der Waals surface area contributed by atoms with Gasteiger partial charge in [0.15, 0.2) is 6.10 Å². The lowest BCUT2D eigenvalue weighted by Gasteiger charge is -2.63. The summed E-state index contributed by atoms with van der Waals surface area (Å²) in [6.45, 7) is 23.7. The molecule has 2 spiro atoms. The summed E-state index contributed by atoms with van der Waals surface area (Å²) in [6.07, 6.45) is 8.16. The van der Waals surface area contributed by atoms with Crippen LogP contribution in [0.4, 0.5) is 0 Å². The minimum absolute atomic E-state index is 0.00495. The van der Waals surface area contributed by atoms with Crippen LogP contribution in [-0.2, 0) is 23.8 Å². The molecule has 1 aliphatic heterocycles. The highest BCUT2D eigenvalue weighted by atomic mass is 16.6. The number of carbonyl (C=O) groups is 2. The van der Waals surface area contributed by atoms with Crippen molar-refractivity contribution in [2.24, 2.45) is 62.6 Å². The van der Waals surface area contributed by atoms with Gasteiger partial charge in [-0.1, -0.05) is 55.4 Å². The lowest BCUT2D eigenvalue weighted by Crippen LogP contribution is -2.58. The molecule has 1 saturated heterocycles. The first-order valence-corrected chi connectivity index (χ1v) is 17.5. The van der Waals surface area contributed by atoms with E-state index in [0.717, 1.165) is 19.3 Å². The summed E-state index contributed by atoms with van der Waals surface area (Å²) in [7, 11) is 0. The third-order valence-corrected chi connectivity index (χ3v) is 15.4. The van der Waals surface area contributed by atoms with E-state index in [9.17, 15) is 14.7 Å². The van der Waals surface area contributed by atoms with E-state index in [-0.39, 0.29) is 52.4 Å². The molecule has 0 radical (unpaired) electrons. The second kappa shape index (κ2) is 9.69. The summed E-state index contributed by atoms with van der Waals surface area (Å²) in [5, 5.41) is 11.0. The average molecular weight is 601 g/mol. The van der Waals surface area contributed by atoms with Gasteiger partial charge < -0.3 is 19.3 Å². The molecular formula is C37H60O6. The monoisotopic (exact) mass is 600 g/mol. The first kappa shape index (κ1) is 31.8. The summed E-state index contributed by atoms with van der Waals surface area (Å²) >= 11 is 0. The fourth-order valence-electron chi connectivity index (χ4n) is 13.6. The van der Waals surface area contributed by atoms with Crippen molar-refractivity contribution in [3.63, 3.8) is 0 Å². The third-order valence-electron chi connectivity index (χ3n) is 15.4. The van der Waals surface area contributed by atoms with Gasteiger partial charge in [-0.25, -0.2) is 0 Å². The number of fused-ring (bicyclic) bond motifs is 4. The Bertz CT molecular complexity index is 1150. The number of hydrogen-bond donors (Lipinski definition) is 1. The molecule has 0 aromatic rings. The number of rotatable bonds is 5. The molecule has 6 rings (SSSR count). The van der Waals surface area contributed by atoms with Crippen LogP contribution in [0.1, 0.15) is 128 Å². The van der Waals surface area contributed by atoms with E-state index in [1.165, 1.54) is 39.0 Å². The van der Waals surface area contributed by atoms with Crippen LogP contribution in [0, 0.1) is 62.6 Å². The van der Waals surface area contributed by atoms with Crippen LogP contribution in [0.25, 0.3) is 0 Å². The Morgan fingerprint density at radius 1 is 0.930 bits per heavy atom. The standard InChI is InChI=1S/C37H60O6/c1-20(2)31(39)43-28-14-15-36-22(4)37(36)17-16-34(10)29-21(3)18-24(30(33(8,9)40)41-23(5)38)42-25(29)19-35(34,11)27(37)13-12-26(36)32(28,6)7/h20-22,24-30,40H,12-19H2,1-11H3/t21?,22-,24?,25-,26?,27+,28+,29?,30+,34-,35+,36?,37+/m1/s1. The zero-order valence-corrected chi connectivity index (χ0v) is 28.9. The van der Waals surface area contributed by atoms with Crippen molar-refractivity contribution in [2.45, 2.75) is 158 Å². The van der Waals surface area contributed by atoms with Crippen molar-refractivity contribution < 1.29 is 28.9 Å². The molecule has 13 atom stereocenters. The van der Waals surface area contributed by atoms with Crippen molar-refractivity contribution in [3.05, 3.63) is 0 Å². The van der Waals surface area contributed by atoms with Crippen LogP contribution in [0.3, 0.4) is 0 Å². The number of ether oxygens (including phenoxy) is 3. The van der Waals surface area contributed by atoms with Gasteiger partial charge in [-0.2, -0.15) is 0 Å². The SMILES string of the molecule is CC(=O)O[C@@H](C1CC(C)C2[C@@H](C[C@@]3(C)[C@@H]4CCC5C(C)(C)[C@@H](OC(=O)C(C)C)CCC56[C@@H](C)[C@@]46CC[C@]23C)O1)C(C)(C)O. The Kier molecular flexibility index (Phi) is 7.17. The van der Waals surface area contributed by atoms with Gasteiger partial charge in [0.1, 0.15) is 6.10 Å². The van der Waals surface area contributed by atoms with E-state index >= 15 is 0 Å². The lowest BCUT2D eigenvalue weighted by molar-refractivity contribution is -0.209. The van der Waals surface area contributed by atoms with Gasteiger partial charge in [0, 0.05) is 12.3 Å². The van der Waals surface area contributed by atoms with E-state index in [1.54, 1.807) is 13.8 Å². The van der Waals surface area contributed by atoms with Gasteiger partial charge in [0.05, 0.1) is 23.7 Å². The minimum atomic E-state index is -1.17. The highest BCUT2D eigenvalue weighted by Gasteiger charge is 2.86. The van der Waals surface area contributed by atoms with Crippen LogP contribution in [0.2, 0.25) is 0 Å². The Labute approximate surface area is 260 Å². The number of hydrogen-bond acceptors (Lipinski definition) is 6. The van der Waals surface area contributed by atoms with Crippen molar-refractivity contribution in [2.75, 3.05) is 0 Å². The smallest absolute Gasteiger partial charge is 0.308 e. The van der Waals surface area contributed by atoms with E-state index in [4.69, 9.17) is 14.2 Å². The molecule has 6 aliphatic rings. The predicted molar refractivity (Wildman–Crippen MR) is 166 cm³/mol. The maximum Gasteiger partial charge on any atom is 0.308 e. The largest absolute Gasteiger partial charge is 0.462 e. The molecule has 6 heteroatoms. The summed E-state index contributed by atoms with van der Waals surface area (Å²) in [4.78, 5) is 24.7. The van der Waals surface area contributed by atoms with Gasteiger partial charge in [0.2, 0.25) is 0 Å². The van der Waals surface area contributed by atoms with Crippen LogP contribution in [0.15, 0.2) is 0 Å². The van der Waals surface area contributed by atoms with Crippen LogP contribution in [-0.4, -0.2) is 47.1 Å². The van der Waals surface area contributed by atoms with Gasteiger partial charge in [-0.15, -0.1) is 0 Å². The van der Waals surface area contributed by atoms with E-state index in [1.807, 2.05) is 13.8 Å². The van der Waals surface area contributed by atoms with E-state index in [0.29, 0.717) is 40.4 Å². The van der Waals surface area contributed by atoms with Crippen LogP contribution in [0.5, 0.6) is 0 Å². The lowest BCUT2D eigenvalue weighted by atomic mass is 9.41. The second-order valence-electron chi connectivity index (χ2n) is 18.1. The highest BCUT2D eigenvalue weighted by Crippen LogP contribution is 2.91. The third kappa shape index (κ3) is 4.02. The molecule has 5 aliphatic carbocycles. The molecule has 43 heavy (non-hydrogen) atoms. The van der Waals surface area contributed by atoms with Crippen molar-refractivity contribution >= 4 is 11.9 Å².